The minimum Gasteiger partial charge on any atom is -0.339 e. The Morgan fingerprint density at radius 3 is 2.39 bits per heavy atom. The Morgan fingerprint density at radius 1 is 1.44 bits per heavy atom. The first-order valence-corrected chi connectivity index (χ1v) is 6.35. The zero-order valence-corrected chi connectivity index (χ0v) is 11.1. The molecular formula is C12H21F3N2O. The molecule has 1 N–H and O–H groups in total. The molecule has 1 rings (SSSR count). The summed E-state index contributed by atoms with van der Waals surface area (Å²) in [5.41, 5.74) is -2.23. The van der Waals surface area contributed by atoms with Gasteiger partial charge in [0.05, 0.1) is 0 Å². The van der Waals surface area contributed by atoms with Gasteiger partial charge in [0.1, 0.15) is 0 Å². The highest BCUT2D eigenvalue weighted by molar-refractivity contribution is 5.84. The highest BCUT2D eigenvalue weighted by Gasteiger charge is 2.62. The van der Waals surface area contributed by atoms with Crippen molar-refractivity contribution in [1.29, 1.82) is 0 Å². The average Bonchev–Trinajstić information content (AvgIpc) is 2.73. The standard InChI is InChI=1S/C12H21F3N2O/c1-4-7-17(9(2)3)10(18)11(12(13,14)15)5-6-16-8-11/h9,16H,4-8H2,1-3H3. The van der Waals surface area contributed by atoms with Crippen molar-refractivity contribution in [3.05, 3.63) is 0 Å². The molecule has 106 valence electrons. The molecule has 0 aliphatic carbocycles. The van der Waals surface area contributed by atoms with E-state index in [1.807, 2.05) is 6.92 Å². The molecule has 6 heteroatoms. The molecule has 0 radical (unpaired) electrons. The molecule has 3 nitrogen and oxygen atoms in total. The van der Waals surface area contributed by atoms with Gasteiger partial charge in [-0.3, -0.25) is 4.79 Å². The molecule has 18 heavy (non-hydrogen) atoms. The molecule has 1 heterocycles. The molecule has 1 aliphatic rings. The maximum absolute atomic E-state index is 13.2. The third-order valence-electron chi connectivity index (χ3n) is 3.46. The number of rotatable bonds is 4. The van der Waals surface area contributed by atoms with Crippen LogP contribution in [0, 0.1) is 5.41 Å². The van der Waals surface area contributed by atoms with Crippen molar-refractivity contribution in [3.8, 4) is 0 Å². The summed E-state index contributed by atoms with van der Waals surface area (Å²) in [5.74, 6) is -0.781. The van der Waals surface area contributed by atoms with Gasteiger partial charge in [-0.15, -0.1) is 0 Å². The summed E-state index contributed by atoms with van der Waals surface area (Å²) in [5, 5.41) is 2.67. The van der Waals surface area contributed by atoms with Gasteiger partial charge in [-0.05, 0) is 33.2 Å². The second-order valence-corrected chi connectivity index (χ2v) is 5.10. The van der Waals surface area contributed by atoms with Crippen LogP contribution in [0.5, 0.6) is 0 Å². The topological polar surface area (TPSA) is 32.3 Å². The van der Waals surface area contributed by atoms with Gasteiger partial charge >= 0.3 is 6.18 Å². The fourth-order valence-electron chi connectivity index (χ4n) is 2.35. The zero-order valence-electron chi connectivity index (χ0n) is 11.1. The van der Waals surface area contributed by atoms with Crippen LogP contribution in [0.4, 0.5) is 13.2 Å². The summed E-state index contributed by atoms with van der Waals surface area (Å²) in [7, 11) is 0. The second kappa shape index (κ2) is 5.47. The normalized spacial score (nSPS) is 24.6. The largest absolute Gasteiger partial charge is 0.404 e. The fourth-order valence-corrected chi connectivity index (χ4v) is 2.35. The Balaban J connectivity index is 3.02. The number of nitrogens with one attached hydrogen (secondary N) is 1. The molecule has 1 fully saturated rings. The van der Waals surface area contributed by atoms with Crippen molar-refractivity contribution in [2.45, 2.75) is 45.8 Å². The van der Waals surface area contributed by atoms with Gasteiger partial charge in [-0.2, -0.15) is 13.2 Å². The highest BCUT2D eigenvalue weighted by atomic mass is 19.4. The van der Waals surface area contributed by atoms with E-state index in [2.05, 4.69) is 5.32 Å². The minimum absolute atomic E-state index is 0.164. The number of carbonyl (C=O) groups excluding carboxylic acids is 1. The van der Waals surface area contributed by atoms with Gasteiger partial charge < -0.3 is 10.2 Å². The molecule has 0 bridgehead atoms. The molecule has 0 aromatic rings. The summed E-state index contributed by atoms with van der Waals surface area (Å²) in [6.07, 6.45) is -4.00. The van der Waals surface area contributed by atoms with Crippen LogP contribution in [-0.2, 0) is 4.79 Å². The number of alkyl halides is 3. The molecule has 0 aromatic heterocycles. The lowest BCUT2D eigenvalue weighted by molar-refractivity contribution is -0.222. The van der Waals surface area contributed by atoms with Crippen LogP contribution >= 0.6 is 0 Å². The van der Waals surface area contributed by atoms with Gasteiger partial charge in [-0.1, -0.05) is 6.92 Å². The quantitative estimate of drug-likeness (QED) is 0.846. The highest BCUT2D eigenvalue weighted by Crippen LogP contribution is 2.44. The smallest absolute Gasteiger partial charge is 0.339 e. The summed E-state index contributed by atoms with van der Waals surface area (Å²) in [6.45, 7) is 5.66. The fraction of sp³-hybridized carbons (Fsp3) is 0.917. The third kappa shape index (κ3) is 2.63. The van der Waals surface area contributed by atoms with Crippen molar-refractivity contribution < 1.29 is 18.0 Å². The van der Waals surface area contributed by atoms with E-state index in [1.165, 1.54) is 4.90 Å². The molecule has 0 aromatic carbocycles. The van der Waals surface area contributed by atoms with Gasteiger partial charge in [0, 0.05) is 19.1 Å². The number of nitrogens with zero attached hydrogens (tertiary/aromatic N) is 1. The molecule has 1 amide bonds. The van der Waals surface area contributed by atoms with E-state index in [4.69, 9.17) is 0 Å². The minimum atomic E-state index is -4.49. The zero-order chi connectivity index (χ0) is 14.0. The number of hydrogen-bond donors (Lipinski definition) is 1. The summed E-state index contributed by atoms with van der Waals surface area (Å²) < 4.78 is 39.7. The Hall–Kier alpha value is -0.780. The van der Waals surface area contributed by atoms with Crippen molar-refractivity contribution in [3.63, 3.8) is 0 Å². The summed E-state index contributed by atoms with van der Waals surface area (Å²) >= 11 is 0. The van der Waals surface area contributed by atoms with Crippen LogP contribution in [0.15, 0.2) is 0 Å². The van der Waals surface area contributed by atoms with Crippen LogP contribution in [0.1, 0.15) is 33.6 Å². The van der Waals surface area contributed by atoms with Crippen LogP contribution in [-0.4, -0.2) is 42.7 Å². The number of carbonyl (C=O) groups is 1. The van der Waals surface area contributed by atoms with Crippen LogP contribution < -0.4 is 5.32 Å². The van der Waals surface area contributed by atoms with Gasteiger partial charge in [0.15, 0.2) is 5.41 Å². The van der Waals surface area contributed by atoms with Crippen molar-refractivity contribution in [2.24, 2.45) is 5.41 Å². The molecule has 0 saturated carbocycles. The summed E-state index contributed by atoms with van der Waals surface area (Å²) in [6, 6.07) is -0.211. The maximum atomic E-state index is 13.2. The van der Waals surface area contributed by atoms with Crippen LogP contribution in [0.2, 0.25) is 0 Å². The molecule has 0 spiro atoms. The summed E-state index contributed by atoms with van der Waals surface area (Å²) in [4.78, 5) is 13.7. The Bertz CT molecular complexity index is 296. The van der Waals surface area contributed by atoms with E-state index >= 15 is 0 Å². The molecule has 1 saturated heterocycles. The van der Waals surface area contributed by atoms with Crippen LogP contribution in [0.25, 0.3) is 0 Å². The van der Waals surface area contributed by atoms with E-state index in [-0.39, 0.29) is 25.6 Å². The molecule has 1 unspecified atom stereocenters. The van der Waals surface area contributed by atoms with E-state index in [1.54, 1.807) is 13.8 Å². The molecule has 1 atom stereocenters. The Labute approximate surface area is 106 Å². The second-order valence-electron chi connectivity index (χ2n) is 5.10. The lowest BCUT2D eigenvalue weighted by atomic mass is 9.84. The SMILES string of the molecule is CCCN(C(=O)C1(C(F)(F)F)CCNC1)C(C)C. The molecular weight excluding hydrogens is 245 g/mol. The van der Waals surface area contributed by atoms with Crippen molar-refractivity contribution in [1.82, 2.24) is 10.2 Å². The number of hydrogen-bond acceptors (Lipinski definition) is 2. The lowest BCUT2D eigenvalue weighted by Crippen LogP contribution is -2.55. The average molecular weight is 266 g/mol. The van der Waals surface area contributed by atoms with Crippen LogP contribution in [0.3, 0.4) is 0 Å². The monoisotopic (exact) mass is 266 g/mol. The van der Waals surface area contributed by atoms with Crippen molar-refractivity contribution in [2.75, 3.05) is 19.6 Å². The number of amides is 1. The van der Waals surface area contributed by atoms with Gasteiger partial charge in [0.25, 0.3) is 0 Å². The van der Waals surface area contributed by atoms with E-state index < -0.39 is 17.5 Å². The van der Waals surface area contributed by atoms with Gasteiger partial charge in [0.2, 0.25) is 5.91 Å². The predicted octanol–water partition coefficient (Wildman–Crippen LogP) is 2.18. The Morgan fingerprint density at radius 2 is 2.06 bits per heavy atom. The van der Waals surface area contributed by atoms with E-state index in [0.29, 0.717) is 13.0 Å². The maximum Gasteiger partial charge on any atom is 0.404 e. The first-order chi connectivity index (χ1) is 8.26. The first kappa shape index (κ1) is 15.3. The van der Waals surface area contributed by atoms with Crippen molar-refractivity contribution >= 4 is 5.91 Å². The predicted molar refractivity (Wildman–Crippen MR) is 63.1 cm³/mol. The van der Waals surface area contributed by atoms with Gasteiger partial charge in [-0.25, -0.2) is 0 Å². The number of halogens is 3. The third-order valence-corrected chi connectivity index (χ3v) is 3.46. The van der Waals surface area contributed by atoms with E-state index in [0.717, 1.165) is 0 Å². The lowest BCUT2D eigenvalue weighted by Gasteiger charge is -2.37. The van der Waals surface area contributed by atoms with E-state index in [9.17, 15) is 18.0 Å². The first-order valence-electron chi connectivity index (χ1n) is 6.35. The Kier molecular flexibility index (Phi) is 4.64. The molecule has 1 aliphatic heterocycles.